The summed E-state index contributed by atoms with van der Waals surface area (Å²) in [6.45, 7) is 1.72. The van der Waals surface area contributed by atoms with Crippen LogP contribution in [-0.4, -0.2) is 26.1 Å². The molecule has 2 aromatic rings. The summed E-state index contributed by atoms with van der Waals surface area (Å²) in [4.78, 5) is 10.6. The van der Waals surface area contributed by atoms with Crippen molar-refractivity contribution in [2.24, 2.45) is 0 Å². The fourth-order valence-electron chi connectivity index (χ4n) is 1.49. The molecular weight excluding hydrogens is 225 g/mol. The second-order valence-corrected chi connectivity index (χ2v) is 3.58. The maximum atomic E-state index is 12.8. The zero-order chi connectivity index (χ0) is 12.4. The molecule has 17 heavy (non-hydrogen) atoms. The molecule has 0 amide bonds. The number of carboxylic acids is 1. The van der Waals surface area contributed by atoms with Crippen LogP contribution in [0.1, 0.15) is 11.4 Å². The average molecular weight is 235 g/mol. The lowest BCUT2D eigenvalue weighted by atomic mass is 10.2. The van der Waals surface area contributed by atoms with Gasteiger partial charge in [-0.3, -0.25) is 4.79 Å². The number of carbonyl (C=O) groups is 1. The monoisotopic (exact) mass is 235 g/mol. The number of carboxylic acid groups (broad SMARTS) is 1. The first kappa shape index (κ1) is 11.3. The molecule has 0 fully saturated rings. The van der Waals surface area contributed by atoms with E-state index in [0.29, 0.717) is 17.1 Å². The molecule has 0 atom stereocenters. The van der Waals surface area contributed by atoms with Crippen LogP contribution in [0, 0.1) is 12.7 Å². The Morgan fingerprint density at radius 1 is 1.41 bits per heavy atom. The van der Waals surface area contributed by atoms with Crippen LogP contribution in [0.4, 0.5) is 4.39 Å². The molecule has 0 radical (unpaired) electrons. The van der Waals surface area contributed by atoms with Crippen molar-refractivity contribution in [3.05, 3.63) is 41.5 Å². The molecule has 2 rings (SSSR count). The van der Waals surface area contributed by atoms with Gasteiger partial charge in [0.15, 0.2) is 0 Å². The minimum Gasteiger partial charge on any atom is -0.481 e. The van der Waals surface area contributed by atoms with Crippen molar-refractivity contribution in [1.29, 1.82) is 0 Å². The standard InChI is InChI=1S/C11H10FN3O2/c1-7-10(6-11(16)17)13-14-15(7)9-4-2-8(12)3-5-9/h2-5H,6H2,1H3,(H,16,17). The second-order valence-electron chi connectivity index (χ2n) is 3.58. The first-order valence-electron chi connectivity index (χ1n) is 4.97. The van der Waals surface area contributed by atoms with Crippen molar-refractivity contribution in [3.8, 4) is 5.69 Å². The van der Waals surface area contributed by atoms with Crippen molar-refractivity contribution in [1.82, 2.24) is 15.0 Å². The fraction of sp³-hybridized carbons (Fsp3) is 0.182. The first-order chi connectivity index (χ1) is 8.08. The van der Waals surface area contributed by atoms with Crippen LogP contribution in [0.3, 0.4) is 0 Å². The lowest BCUT2D eigenvalue weighted by molar-refractivity contribution is -0.136. The van der Waals surface area contributed by atoms with Gasteiger partial charge in [0.1, 0.15) is 5.82 Å². The van der Waals surface area contributed by atoms with Gasteiger partial charge in [-0.05, 0) is 31.2 Å². The third-order valence-corrected chi connectivity index (χ3v) is 2.38. The molecule has 6 heteroatoms. The third-order valence-electron chi connectivity index (χ3n) is 2.38. The summed E-state index contributed by atoms with van der Waals surface area (Å²) in [5.41, 5.74) is 1.69. The van der Waals surface area contributed by atoms with Gasteiger partial charge in [-0.15, -0.1) is 5.10 Å². The van der Waals surface area contributed by atoms with Gasteiger partial charge in [0.2, 0.25) is 0 Å². The zero-order valence-electron chi connectivity index (χ0n) is 9.09. The molecule has 1 heterocycles. The summed E-state index contributed by atoms with van der Waals surface area (Å²) in [7, 11) is 0. The molecule has 0 aliphatic heterocycles. The summed E-state index contributed by atoms with van der Waals surface area (Å²) in [6.07, 6.45) is -0.174. The summed E-state index contributed by atoms with van der Waals surface area (Å²) in [5, 5.41) is 16.3. The molecule has 0 bridgehead atoms. The lowest BCUT2D eigenvalue weighted by Crippen LogP contribution is -2.03. The number of aromatic nitrogens is 3. The Morgan fingerprint density at radius 2 is 2.06 bits per heavy atom. The summed E-state index contributed by atoms with van der Waals surface area (Å²) < 4.78 is 14.2. The topological polar surface area (TPSA) is 68.0 Å². The van der Waals surface area contributed by atoms with Crippen LogP contribution in [0.5, 0.6) is 0 Å². The van der Waals surface area contributed by atoms with Crippen LogP contribution in [-0.2, 0) is 11.2 Å². The summed E-state index contributed by atoms with van der Waals surface area (Å²) in [6, 6.07) is 5.74. The van der Waals surface area contributed by atoms with Gasteiger partial charge in [0, 0.05) is 0 Å². The van der Waals surface area contributed by atoms with E-state index in [1.165, 1.54) is 16.8 Å². The highest BCUT2D eigenvalue weighted by Crippen LogP contribution is 2.13. The van der Waals surface area contributed by atoms with E-state index in [4.69, 9.17) is 5.11 Å². The Bertz CT molecular complexity index is 548. The van der Waals surface area contributed by atoms with Gasteiger partial charge in [0.05, 0.1) is 23.5 Å². The Morgan fingerprint density at radius 3 is 2.65 bits per heavy atom. The van der Waals surface area contributed by atoms with E-state index in [0.717, 1.165) is 0 Å². The molecule has 0 saturated heterocycles. The molecule has 5 nitrogen and oxygen atoms in total. The van der Waals surface area contributed by atoms with Crippen LogP contribution in [0.15, 0.2) is 24.3 Å². The second kappa shape index (κ2) is 4.32. The van der Waals surface area contributed by atoms with E-state index in [1.54, 1.807) is 19.1 Å². The fourth-order valence-corrected chi connectivity index (χ4v) is 1.49. The molecule has 0 aliphatic carbocycles. The number of rotatable bonds is 3. The van der Waals surface area contributed by atoms with Crippen molar-refractivity contribution in [2.75, 3.05) is 0 Å². The molecule has 0 spiro atoms. The maximum Gasteiger partial charge on any atom is 0.309 e. The Labute approximate surface area is 96.5 Å². The van der Waals surface area contributed by atoms with E-state index in [1.807, 2.05) is 0 Å². The lowest BCUT2D eigenvalue weighted by Gasteiger charge is -2.02. The van der Waals surface area contributed by atoms with Crippen molar-refractivity contribution >= 4 is 5.97 Å². The van der Waals surface area contributed by atoms with Crippen LogP contribution in [0.2, 0.25) is 0 Å². The summed E-state index contributed by atoms with van der Waals surface area (Å²) in [5.74, 6) is -1.29. The maximum absolute atomic E-state index is 12.8. The van der Waals surface area contributed by atoms with E-state index in [2.05, 4.69) is 10.3 Å². The molecule has 0 aliphatic rings. The minimum atomic E-state index is -0.959. The van der Waals surface area contributed by atoms with E-state index in [9.17, 15) is 9.18 Å². The Kier molecular flexibility index (Phi) is 2.86. The van der Waals surface area contributed by atoms with Gasteiger partial charge in [-0.25, -0.2) is 9.07 Å². The SMILES string of the molecule is Cc1c(CC(=O)O)nnn1-c1ccc(F)cc1. The number of hydrogen-bond donors (Lipinski definition) is 1. The van der Waals surface area contributed by atoms with Gasteiger partial charge < -0.3 is 5.11 Å². The number of benzene rings is 1. The highest BCUT2D eigenvalue weighted by atomic mass is 19.1. The molecule has 1 aromatic carbocycles. The molecule has 0 unspecified atom stereocenters. The zero-order valence-corrected chi connectivity index (χ0v) is 9.09. The highest BCUT2D eigenvalue weighted by molar-refractivity contribution is 5.69. The number of nitrogens with zero attached hydrogens (tertiary/aromatic N) is 3. The third kappa shape index (κ3) is 2.30. The average Bonchev–Trinajstić information content (AvgIpc) is 2.61. The molecular formula is C11H10FN3O2. The first-order valence-corrected chi connectivity index (χ1v) is 4.97. The van der Waals surface area contributed by atoms with Gasteiger partial charge in [0.25, 0.3) is 0 Å². The number of halogens is 1. The quantitative estimate of drug-likeness (QED) is 0.871. The summed E-state index contributed by atoms with van der Waals surface area (Å²) >= 11 is 0. The van der Waals surface area contributed by atoms with E-state index < -0.39 is 5.97 Å². The molecule has 1 aromatic heterocycles. The Balaban J connectivity index is 2.37. The molecule has 88 valence electrons. The molecule has 0 saturated carbocycles. The minimum absolute atomic E-state index is 0.174. The van der Waals surface area contributed by atoms with Crippen molar-refractivity contribution in [2.45, 2.75) is 13.3 Å². The van der Waals surface area contributed by atoms with Crippen molar-refractivity contribution in [3.63, 3.8) is 0 Å². The Hall–Kier alpha value is -2.24. The molecule has 1 N–H and O–H groups in total. The van der Waals surface area contributed by atoms with Gasteiger partial charge in [-0.1, -0.05) is 5.21 Å². The smallest absolute Gasteiger partial charge is 0.309 e. The van der Waals surface area contributed by atoms with E-state index >= 15 is 0 Å². The van der Waals surface area contributed by atoms with Crippen LogP contribution in [0.25, 0.3) is 5.69 Å². The van der Waals surface area contributed by atoms with Gasteiger partial charge >= 0.3 is 5.97 Å². The van der Waals surface area contributed by atoms with E-state index in [-0.39, 0.29) is 12.2 Å². The predicted octanol–water partition coefficient (Wildman–Crippen LogP) is 1.34. The highest BCUT2D eigenvalue weighted by Gasteiger charge is 2.12. The largest absolute Gasteiger partial charge is 0.481 e. The van der Waals surface area contributed by atoms with Gasteiger partial charge in [-0.2, -0.15) is 0 Å². The van der Waals surface area contributed by atoms with Crippen LogP contribution < -0.4 is 0 Å². The normalized spacial score (nSPS) is 10.5. The number of hydrogen-bond acceptors (Lipinski definition) is 3. The van der Waals surface area contributed by atoms with Crippen molar-refractivity contribution < 1.29 is 14.3 Å². The predicted molar refractivity (Wildman–Crippen MR) is 57.4 cm³/mol. The number of aliphatic carboxylic acids is 1. The van der Waals surface area contributed by atoms with Crippen LogP contribution >= 0.6 is 0 Å².